The van der Waals surface area contributed by atoms with E-state index in [0.29, 0.717) is 17.7 Å². The quantitative estimate of drug-likeness (QED) is 0.561. The molecule has 3 aromatic carbocycles. The fourth-order valence-electron chi connectivity index (χ4n) is 3.10. The molecule has 0 saturated carbocycles. The Hall–Kier alpha value is -3.00. The number of rotatable bonds is 4. The number of aromatic hydroxyl groups is 1. The Morgan fingerprint density at radius 1 is 1.14 bits per heavy atom. The molecule has 5 heteroatoms. The van der Waals surface area contributed by atoms with Crippen molar-refractivity contribution in [2.75, 3.05) is 6.54 Å². The molecule has 0 aliphatic rings. The van der Waals surface area contributed by atoms with Gasteiger partial charge in [0.1, 0.15) is 11.3 Å². The van der Waals surface area contributed by atoms with E-state index in [1.54, 1.807) is 13.0 Å². The van der Waals surface area contributed by atoms with Crippen LogP contribution >= 0.6 is 12.4 Å². The van der Waals surface area contributed by atoms with E-state index >= 15 is 0 Å². The van der Waals surface area contributed by atoms with Crippen molar-refractivity contribution in [3.05, 3.63) is 76.9 Å². The Labute approximate surface area is 170 Å². The number of aromatic carboxylic acids is 1. The Morgan fingerprint density at radius 3 is 2.61 bits per heavy atom. The fraction of sp³-hybridized carbons (Fsp3) is 0.174. The Morgan fingerprint density at radius 2 is 1.86 bits per heavy atom. The maximum Gasteiger partial charge on any atom is 0.339 e. The smallest absolute Gasteiger partial charge is 0.339 e. The highest BCUT2D eigenvalue weighted by Crippen LogP contribution is 2.24. The van der Waals surface area contributed by atoms with Gasteiger partial charge in [-0.15, -0.1) is 12.4 Å². The number of nitrogens with one attached hydrogen (secondary N) is 1. The van der Waals surface area contributed by atoms with Crippen LogP contribution in [0.15, 0.2) is 54.6 Å². The van der Waals surface area contributed by atoms with Gasteiger partial charge in [0.15, 0.2) is 0 Å². The van der Waals surface area contributed by atoms with Gasteiger partial charge in [-0.3, -0.25) is 5.32 Å². The minimum Gasteiger partial charge on any atom is -0.507 e. The summed E-state index contributed by atoms with van der Waals surface area (Å²) in [4.78, 5) is 11.2. The van der Waals surface area contributed by atoms with Crippen LogP contribution in [0.25, 0.3) is 10.8 Å². The Kier molecular flexibility index (Phi) is 7.06. The van der Waals surface area contributed by atoms with Crippen molar-refractivity contribution in [3.8, 4) is 17.6 Å². The summed E-state index contributed by atoms with van der Waals surface area (Å²) in [5, 5.41) is 24.8. The van der Waals surface area contributed by atoms with Crippen LogP contribution in [0.1, 0.15) is 40.0 Å². The largest absolute Gasteiger partial charge is 0.507 e. The lowest BCUT2D eigenvalue weighted by Crippen LogP contribution is -2.19. The summed E-state index contributed by atoms with van der Waals surface area (Å²) < 4.78 is 0. The molecule has 0 aromatic heterocycles. The van der Waals surface area contributed by atoms with Crippen molar-refractivity contribution in [1.82, 2.24) is 5.32 Å². The zero-order valence-corrected chi connectivity index (χ0v) is 16.5. The van der Waals surface area contributed by atoms with E-state index < -0.39 is 5.97 Å². The highest BCUT2D eigenvalue weighted by Gasteiger charge is 2.12. The minimum absolute atomic E-state index is 0. The van der Waals surface area contributed by atoms with E-state index in [4.69, 9.17) is 5.11 Å². The summed E-state index contributed by atoms with van der Waals surface area (Å²) in [5.74, 6) is 4.62. The van der Waals surface area contributed by atoms with Crippen LogP contribution in [0, 0.1) is 18.8 Å². The molecule has 0 aliphatic carbocycles. The molecule has 0 fully saturated rings. The van der Waals surface area contributed by atoms with Crippen molar-refractivity contribution in [1.29, 1.82) is 0 Å². The summed E-state index contributed by atoms with van der Waals surface area (Å²) in [7, 11) is 0. The van der Waals surface area contributed by atoms with Gasteiger partial charge >= 0.3 is 5.97 Å². The Balaban J connectivity index is 0.00000280. The number of aryl methyl sites for hydroxylation is 1. The van der Waals surface area contributed by atoms with Crippen LogP contribution in [0.2, 0.25) is 0 Å². The summed E-state index contributed by atoms with van der Waals surface area (Å²) in [6.07, 6.45) is 0. The van der Waals surface area contributed by atoms with Crippen LogP contribution in [0.5, 0.6) is 5.75 Å². The number of carbonyl (C=O) groups is 1. The summed E-state index contributed by atoms with van der Waals surface area (Å²) in [6, 6.07) is 17.7. The first-order valence-corrected chi connectivity index (χ1v) is 8.74. The summed E-state index contributed by atoms with van der Waals surface area (Å²) in [5.41, 5.74) is 2.15. The van der Waals surface area contributed by atoms with Gasteiger partial charge in [0.2, 0.25) is 0 Å². The van der Waals surface area contributed by atoms with E-state index in [1.807, 2.05) is 18.2 Å². The number of fused-ring (bicyclic) bond motifs is 1. The predicted molar refractivity (Wildman–Crippen MR) is 114 cm³/mol. The lowest BCUT2D eigenvalue weighted by molar-refractivity contribution is 0.0693. The normalized spacial score (nSPS) is 11.2. The first-order chi connectivity index (χ1) is 13.0. The average Bonchev–Trinajstić information content (AvgIpc) is 2.66. The van der Waals surface area contributed by atoms with Gasteiger partial charge in [-0.05, 0) is 47.9 Å². The van der Waals surface area contributed by atoms with Crippen molar-refractivity contribution >= 4 is 29.1 Å². The number of phenols is 1. The fourth-order valence-corrected chi connectivity index (χ4v) is 3.10. The number of carboxylic acid groups (broad SMARTS) is 1. The van der Waals surface area contributed by atoms with E-state index in [-0.39, 0.29) is 29.8 Å². The van der Waals surface area contributed by atoms with Gasteiger partial charge in [-0.2, -0.15) is 0 Å². The Bertz CT molecular complexity index is 1060. The SMILES string of the molecule is Cc1cc(C#CCN[C@H](C)c2cccc3ccccc23)cc(C(=O)O)c1O.Cl. The van der Waals surface area contributed by atoms with Gasteiger partial charge < -0.3 is 10.2 Å². The minimum atomic E-state index is -1.16. The molecule has 4 nitrogen and oxygen atoms in total. The molecular formula is C23H22ClNO3. The molecule has 3 rings (SSSR count). The highest BCUT2D eigenvalue weighted by atomic mass is 35.5. The molecule has 0 spiro atoms. The summed E-state index contributed by atoms with van der Waals surface area (Å²) >= 11 is 0. The molecular weight excluding hydrogens is 374 g/mol. The molecule has 3 N–H and O–H groups in total. The lowest BCUT2D eigenvalue weighted by atomic mass is 10.00. The zero-order valence-electron chi connectivity index (χ0n) is 15.7. The van der Waals surface area contributed by atoms with Crippen LogP contribution in [0.4, 0.5) is 0 Å². The molecule has 0 aliphatic heterocycles. The van der Waals surface area contributed by atoms with E-state index in [2.05, 4.69) is 48.3 Å². The maximum atomic E-state index is 11.2. The first-order valence-electron chi connectivity index (χ1n) is 8.74. The summed E-state index contributed by atoms with van der Waals surface area (Å²) in [6.45, 7) is 4.22. The molecule has 0 amide bonds. The monoisotopic (exact) mass is 395 g/mol. The van der Waals surface area contributed by atoms with Gasteiger partial charge in [0.05, 0.1) is 6.54 Å². The third kappa shape index (κ3) is 4.64. The van der Waals surface area contributed by atoms with Crippen LogP contribution in [-0.2, 0) is 0 Å². The van der Waals surface area contributed by atoms with Gasteiger partial charge in [0.25, 0.3) is 0 Å². The molecule has 0 radical (unpaired) electrons. The van der Waals surface area contributed by atoms with Gasteiger partial charge in [-0.1, -0.05) is 54.3 Å². The number of hydrogen-bond donors (Lipinski definition) is 3. The molecule has 3 aromatic rings. The van der Waals surface area contributed by atoms with Crippen LogP contribution < -0.4 is 5.32 Å². The van der Waals surface area contributed by atoms with E-state index in [0.717, 1.165) is 0 Å². The van der Waals surface area contributed by atoms with Crippen LogP contribution in [0.3, 0.4) is 0 Å². The van der Waals surface area contributed by atoms with Gasteiger partial charge in [0, 0.05) is 11.6 Å². The standard InChI is InChI=1S/C23H21NO3.ClH/c1-15-13-17(14-21(22(15)25)23(26)27)7-6-12-24-16(2)19-11-5-9-18-8-3-4-10-20(18)19;/h3-5,8-11,13-14,16,24-25H,12H2,1-2H3,(H,26,27);1H/t16-;/m1./s1. The molecule has 28 heavy (non-hydrogen) atoms. The van der Waals surface area contributed by atoms with Gasteiger partial charge in [-0.25, -0.2) is 4.79 Å². The van der Waals surface area contributed by atoms with Crippen molar-refractivity contribution in [3.63, 3.8) is 0 Å². The molecule has 0 saturated heterocycles. The van der Waals surface area contributed by atoms with Crippen molar-refractivity contribution in [2.24, 2.45) is 0 Å². The molecule has 1 atom stereocenters. The molecule has 144 valence electrons. The van der Waals surface area contributed by atoms with Crippen LogP contribution in [-0.4, -0.2) is 22.7 Å². The average molecular weight is 396 g/mol. The number of hydrogen-bond acceptors (Lipinski definition) is 3. The van der Waals surface area contributed by atoms with E-state index in [1.165, 1.54) is 22.4 Å². The maximum absolute atomic E-state index is 11.2. The number of benzene rings is 3. The first kappa shape index (κ1) is 21.3. The van der Waals surface area contributed by atoms with Crippen molar-refractivity contribution in [2.45, 2.75) is 19.9 Å². The highest BCUT2D eigenvalue weighted by molar-refractivity contribution is 5.91. The third-order valence-corrected chi connectivity index (χ3v) is 4.55. The number of halogens is 1. The molecule has 0 unspecified atom stereocenters. The van der Waals surface area contributed by atoms with E-state index in [9.17, 15) is 9.90 Å². The topological polar surface area (TPSA) is 69.6 Å². The zero-order chi connectivity index (χ0) is 19.4. The molecule has 0 bridgehead atoms. The third-order valence-electron chi connectivity index (χ3n) is 4.55. The van der Waals surface area contributed by atoms with Crippen molar-refractivity contribution < 1.29 is 15.0 Å². The second kappa shape index (κ2) is 9.27. The lowest BCUT2D eigenvalue weighted by Gasteiger charge is -2.15. The second-order valence-electron chi connectivity index (χ2n) is 6.47. The predicted octanol–water partition coefficient (Wildman–Crippen LogP) is 4.68. The number of carboxylic acids is 1. The second-order valence-corrected chi connectivity index (χ2v) is 6.47. The molecule has 0 heterocycles.